The molecule has 1 atom stereocenters. The molecule has 1 aliphatic heterocycles. The lowest BCUT2D eigenvalue weighted by Gasteiger charge is -2.38. The predicted octanol–water partition coefficient (Wildman–Crippen LogP) is 6.90. The maximum absolute atomic E-state index is 13.8. The highest BCUT2D eigenvalue weighted by atomic mass is 32.1. The minimum absolute atomic E-state index is 0.0303. The number of aryl methyl sites for hydroxylation is 1. The molecule has 0 bridgehead atoms. The second-order valence-corrected chi connectivity index (χ2v) is 11.3. The topological polar surface area (TPSA) is 49.9 Å². The highest BCUT2D eigenvalue weighted by Crippen LogP contribution is 2.38. The number of fused-ring (bicyclic) bond motifs is 1. The van der Waals surface area contributed by atoms with Gasteiger partial charge < -0.3 is 14.5 Å². The number of thiophene rings is 1. The minimum Gasteiger partial charge on any atom is -0.497 e. The SMILES string of the molecule is CCCCCCc1ccc(C(=O)N(CC(=O)N2CCc3sccc3C2c2ccc(OC)cc2)C(C)C)cc1. The molecule has 0 aliphatic carbocycles. The monoisotopic (exact) mass is 532 g/mol. The van der Waals surface area contributed by atoms with Gasteiger partial charge in [-0.3, -0.25) is 9.59 Å². The number of carbonyl (C=O) groups excluding carboxylic acids is 2. The van der Waals surface area contributed by atoms with Gasteiger partial charge in [0.2, 0.25) is 5.91 Å². The number of hydrogen-bond donors (Lipinski definition) is 0. The van der Waals surface area contributed by atoms with Gasteiger partial charge in [-0.15, -0.1) is 11.3 Å². The Morgan fingerprint density at radius 1 is 1.03 bits per heavy atom. The largest absolute Gasteiger partial charge is 0.497 e. The van der Waals surface area contributed by atoms with E-state index >= 15 is 0 Å². The van der Waals surface area contributed by atoms with Crippen molar-refractivity contribution in [2.75, 3.05) is 20.2 Å². The molecule has 1 aromatic heterocycles. The van der Waals surface area contributed by atoms with Crippen molar-refractivity contribution in [2.45, 2.75) is 71.4 Å². The third-order valence-electron chi connectivity index (χ3n) is 7.43. The van der Waals surface area contributed by atoms with E-state index in [1.165, 1.54) is 41.7 Å². The summed E-state index contributed by atoms with van der Waals surface area (Å²) in [5, 5.41) is 2.10. The molecule has 1 unspecified atom stereocenters. The molecule has 6 heteroatoms. The van der Waals surface area contributed by atoms with Crippen LogP contribution in [0.3, 0.4) is 0 Å². The van der Waals surface area contributed by atoms with Crippen LogP contribution in [-0.2, 0) is 17.6 Å². The van der Waals surface area contributed by atoms with Crippen LogP contribution in [0.4, 0.5) is 0 Å². The van der Waals surface area contributed by atoms with Crippen molar-refractivity contribution in [2.24, 2.45) is 0 Å². The van der Waals surface area contributed by atoms with Crippen LogP contribution in [0.25, 0.3) is 0 Å². The number of ether oxygens (including phenoxy) is 1. The van der Waals surface area contributed by atoms with E-state index in [0.29, 0.717) is 12.1 Å². The van der Waals surface area contributed by atoms with Gasteiger partial charge in [-0.05, 0) is 85.5 Å². The molecule has 2 heterocycles. The van der Waals surface area contributed by atoms with Gasteiger partial charge in [0.25, 0.3) is 5.91 Å². The maximum Gasteiger partial charge on any atom is 0.254 e. The fourth-order valence-corrected chi connectivity index (χ4v) is 6.10. The number of benzene rings is 2. The van der Waals surface area contributed by atoms with Crippen LogP contribution in [-0.4, -0.2) is 47.9 Å². The average molecular weight is 533 g/mol. The van der Waals surface area contributed by atoms with Crippen molar-refractivity contribution in [1.82, 2.24) is 9.80 Å². The summed E-state index contributed by atoms with van der Waals surface area (Å²) in [7, 11) is 1.65. The van der Waals surface area contributed by atoms with Gasteiger partial charge >= 0.3 is 0 Å². The van der Waals surface area contributed by atoms with E-state index in [4.69, 9.17) is 4.74 Å². The number of rotatable bonds is 11. The second-order valence-electron chi connectivity index (χ2n) is 10.3. The van der Waals surface area contributed by atoms with Crippen LogP contribution in [0, 0.1) is 0 Å². The smallest absolute Gasteiger partial charge is 0.254 e. The van der Waals surface area contributed by atoms with E-state index < -0.39 is 0 Å². The molecule has 1 aliphatic rings. The van der Waals surface area contributed by atoms with Crippen LogP contribution in [0.5, 0.6) is 5.75 Å². The van der Waals surface area contributed by atoms with Crippen LogP contribution >= 0.6 is 11.3 Å². The Bertz CT molecular complexity index is 1200. The van der Waals surface area contributed by atoms with Crippen LogP contribution in [0.1, 0.15) is 84.4 Å². The number of amides is 2. The van der Waals surface area contributed by atoms with E-state index in [2.05, 4.69) is 30.5 Å². The summed E-state index contributed by atoms with van der Waals surface area (Å²) in [6.45, 7) is 6.86. The minimum atomic E-state index is -0.167. The summed E-state index contributed by atoms with van der Waals surface area (Å²) in [6, 6.07) is 17.8. The van der Waals surface area contributed by atoms with Gasteiger partial charge in [0.1, 0.15) is 12.3 Å². The molecular weight excluding hydrogens is 492 g/mol. The Morgan fingerprint density at radius 3 is 2.42 bits per heavy atom. The quantitative estimate of drug-likeness (QED) is 0.252. The van der Waals surface area contributed by atoms with Gasteiger partial charge in [-0.2, -0.15) is 0 Å². The summed E-state index contributed by atoms with van der Waals surface area (Å²) in [5.41, 5.74) is 4.12. The highest BCUT2D eigenvalue weighted by molar-refractivity contribution is 7.10. The molecule has 2 aromatic carbocycles. The summed E-state index contributed by atoms with van der Waals surface area (Å²) < 4.78 is 5.35. The zero-order valence-corrected chi connectivity index (χ0v) is 23.9. The van der Waals surface area contributed by atoms with Crippen LogP contribution in [0.15, 0.2) is 60.0 Å². The molecule has 0 spiro atoms. The zero-order valence-electron chi connectivity index (χ0n) is 23.1. The molecular formula is C32H40N2O3S. The van der Waals surface area contributed by atoms with Crippen molar-refractivity contribution in [1.29, 1.82) is 0 Å². The van der Waals surface area contributed by atoms with E-state index in [1.807, 2.05) is 55.1 Å². The van der Waals surface area contributed by atoms with Gasteiger partial charge in [-0.25, -0.2) is 0 Å². The molecule has 2 amide bonds. The lowest BCUT2D eigenvalue weighted by Crippen LogP contribution is -2.48. The summed E-state index contributed by atoms with van der Waals surface area (Å²) in [5.74, 6) is 0.661. The second kappa shape index (κ2) is 13.1. The fraction of sp³-hybridized carbons (Fsp3) is 0.438. The molecule has 0 radical (unpaired) electrons. The van der Waals surface area contributed by atoms with Gasteiger partial charge in [0, 0.05) is 23.0 Å². The fourth-order valence-electron chi connectivity index (χ4n) is 5.19. The molecule has 0 saturated heterocycles. The first kappa shape index (κ1) is 27.9. The number of unbranched alkanes of at least 4 members (excludes halogenated alkanes) is 3. The van der Waals surface area contributed by atoms with Gasteiger partial charge in [0.15, 0.2) is 0 Å². The van der Waals surface area contributed by atoms with Crippen LogP contribution in [0.2, 0.25) is 0 Å². The van der Waals surface area contributed by atoms with Crippen molar-refractivity contribution in [3.8, 4) is 5.75 Å². The van der Waals surface area contributed by atoms with Crippen molar-refractivity contribution >= 4 is 23.2 Å². The lowest BCUT2D eigenvalue weighted by molar-refractivity contribution is -0.134. The Labute approximate surface area is 231 Å². The Morgan fingerprint density at radius 2 is 1.76 bits per heavy atom. The highest BCUT2D eigenvalue weighted by Gasteiger charge is 2.34. The van der Waals surface area contributed by atoms with E-state index in [0.717, 1.165) is 24.2 Å². The first-order valence-electron chi connectivity index (χ1n) is 13.8. The molecule has 202 valence electrons. The molecule has 3 aromatic rings. The number of methoxy groups -OCH3 is 1. The normalized spacial score (nSPS) is 14.9. The first-order chi connectivity index (χ1) is 18.4. The number of carbonyl (C=O) groups is 2. The average Bonchev–Trinajstić information content (AvgIpc) is 3.42. The standard InChI is InChI=1S/C32H40N2O3S/c1-5-6-7-8-9-24-10-12-26(13-11-24)32(36)34(23(2)3)22-30(35)33-20-18-29-28(19-21-38-29)31(33)25-14-16-27(37-4)17-15-25/h10-17,19,21,23,31H,5-9,18,20,22H2,1-4H3. The van der Waals surface area contributed by atoms with E-state index in [-0.39, 0.29) is 30.4 Å². The van der Waals surface area contributed by atoms with Gasteiger partial charge in [0.05, 0.1) is 13.2 Å². The van der Waals surface area contributed by atoms with E-state index in [1.54, 1.807) is 23.3 Å². The third kappa shape index (κ3) is 6.47. The molecule has 0 saturated carbocycles. The summed E-state index contributed by atoms with van der Waals surface area (Å²) >= 11 is 1.75. The molecule has 5 nitrogen and oxygen atoms in total. The molecule has 38 heavy (non-hydrogen) atoms. The van der Waals surface area contributed by atoms with Crippen molar-refractivity contribution in [3.63, 3.8) is 0 Å². The Hall–Kier alpha value is -3.12. The predicted molar refractivity (Wildman–Crippen MR) is 155 cm³/mol. The molecule has 4 rings (SSSR count). The van der Waals surface area contributed by atoms with Crippen LogP contribution < -0.4 is 4.74 Å². The lowest BCUT2D eigenvalue weighted by atomic mass is 9.93. The molecule has 0 fully saturated rings. The van der Waals surface area contributed by atoms with Gasteiger partial charge in [-0.1, -0.05) is 50.5 Å². The third-order valence-corrected chi connectivity index (χ3v) is 8.42. The van der Waals surface area contributed by atoms with E-state index in [9.17, 15) is 9.59 Å². The van der Waals surface area contributed by atoms with Crippen molar-refractivity contribution < 1.29 is 14.3 Å². The Kier molecular flexibility index (Phi) is 9.62. The Balaban J connectivity index is 1.50. The number of nitrogens with zero attached hydrogens (tertiary/aromatic N) is 2. The van der Waals surface area contributed by atoms with Crippen molar-refractivity contribution in [3.05, 3.63) is 87.1 Å². The summed E-state index contributed by atoms with van der Waals surface area (Å²) in [6.07, 6.45) is 6.77. The summed E-state index contributed by atoms with van der Waals surface area (Å²) in [4.78, 5) is 32.3. The molecule has 0 N–H and O–H groups in total. The maximum atomic E-state index is 13.8. The first-order valence-corrected chi connectivity index (χ1v) is 14.7. The zero-order chi connectivity index (χ0) is 27.1. The number of hydrogen-bond acceptors (Lipinski definition) is 4.